The molecule has 7 heteroatoms. The van der Waals surface area contributed by atoms with Crippen molar-refractivity contribution < 1.29 is 24.4 Å². The second-order valence-corrected chi connectivity index (χ2v) is 8.97. The molecule has 0 saturated heterocycles. The second-order valence-electron chi connectivity index (χ2n) is 8.97. The summed E-state index contributed by atoms with van der Waals surface area (Å²) in [5.74, 6) is 0.0702. The minimum Gasteiger partial charge on any atom is -0.535 e. The van der Waals surface area contributed by atoms with Crippen LogP contribution in [0.4, 0.5) is 0 Å². The molecule has 3 atom stereocenters. The number of ketones is 1. The van der Waals surface area contributed by atoms with E-state index in [0.29, 0.717) is 24.7 Å². The van der Waals surface area contributed by atoms with Crippen LogP contribution in [-0.4, -0.2) is 42.1 Å². The van der Waals surface area contributed by atoms with Crippen LogP contribution >= 0.6 is 0 Å². The lowest BCUT2D eigenvalue weighted by molar-refractivity contribution is -0.120. The topological polar surface area (TPSA) is 95.9 Å². The van der Waals surface area contributed by atoms with Crippen LogP contribution < -0.4 is 9.97 Å². The molecule has 0 spiro atoms. The molecule has 30 heavy (non-hydrogen) atoms. The van der Waals surface area contributed by atoms with Crippen molar-refractivity contribution in [3.8, 4) is 5.75 Å². The Bertz CT molecular complexity index is 740. The van der Waals surface area contributed by atoms with Gasteiger partial charge < -0.3 is 20.1 Å². The second kappa shape index (κ2) is 11.0. The summed E-state index contributed by atoms with van der Waals surface area (Å²) in [7, 11) is -1.15. The molecule has 1 aromatic rings. The van der Waals surface area contributed by atoms with Gasteiger partial charge in [0.25, 0.3) is 0 Å². The number of Topliss-reactive ketones (excluding diaryl/α,β-unsaturated/α-hetero) is 1. The number of nitrogens with one attached hydrogen (secondary N) is 1. The fourth-order valence-corrected chi connectivity index (χ4v) is 4.91. The number of unbranched alkanes of at least 4 members (excludes halogenated alkanes) is 1. The van der Waals surface area contributed by atoms with E-state index in [1.165, 1.54) is 31.7 Å². The third-order valence-electron chi connectivity index (χ3n) is 6.49. The predicted molar refractivity (Wildman–Crippen MR) is 117 cm³/mol. The van der Waals surface area contributed by atoms with E-state index >= 15 is 0 Å². The Labute approximate surface area is 179 Å². The average molecular weight is 415 g/mol. The highest BCUT2D eigenvalue weighted by Gasteiger charge is 2.38. The van der Waals surface area contributed by atoms with Crippen LogP contribution in [0.15, 0.2) is 18.2 Å². The van der Waals surface area contributed by atoms with Gasteiger partial charge in [-0.1, -0.05) is 38.3 Å². The first-order valence-electron chi connectivity index (χ1n) is 11.4. The molecule has 1 fully saturated rings. The maximum absolute atomic E-state index is 12.7. The van der Waals surface area contributed by atoms with Crippen molar-refractivity contribution >= 4 is 18.9 Å². The number of carbonyl (C=O) groups excluding carboxylic acids is 1. The molecule has 1 aliphatic heterocycles. The zero-order valence-corrected chi connectivity index (χ0v) is 17.9. The van der Waals surface area contributed by atoms with Crippen molar-refractivity contribution in [3.05, 3.63) is 29.3 Å². The van der Waals surface area contributed by atoms with E-state index in [9.17, 15) is 19.7 Å². The standard InChI is InChI=1S/C23H34BNO5/c1-2-3-10-25-15-17-7-4-6-16(11-17)12-20(26)14-19-13-18-8-5-9-21(23(27)28)22(18)30-24(19)29/h5,8-9,16-17,19,25,29H,2-4,6-7,10-15H2,1H3,(H,27,28)/t16?,17?,19-/m1/s1. The number of aromatic carboxylic acids is 1. The number of carboxylic acids is 1. The molecule has 0 amide bonds. The number of fused-ring (bicyclic) bond motifs is 1. The number of rotatable bonds is 10. The van der Waals surface area contributed by atoms with Crippen LogP contribution in [0.3, 0.4) is 0 Å². The van der Waals surface area contributed by atoms with Crippen LogP contribution in [0.2, 0.25) is 5.82 Å². The van der Waals surface area contributed by atoms with Crippen LogP contribution in [0, 0.1) is 11.8 Å². The first-order chi connectivity index (χ1) is 14.5. The summed E-state index contributed by atoms with van der Waals surface area (Å²) < 4.78 is 5.52. The molecule has 0 bridgehead atoms. The van der Waals surface area contributed by atoms with Gasteiger partial charge in [0, 0.05) is 18.7 Å². The van der Waals surface area contributed by atoms with E-state index in [2.05, 4.69) is 12.2 Å². The highest BCUT2D eigenvalue weighted by Crippen LogP contribution is 2.37. The molecule has 3 N–H and O–H groups in total. The van der Waals surface area contributed by atoms with Crippen molar-refractivity contribution in [2.24, 2.45) is 11.8 Å². The minimum atomic E-state index is -1.15. The summed E-state index contributed by atoms with van der Waals surface area (Å²) in [5, 5.41) is 23.2. The largest absolute Gasteiger partial charge is 0.535 e. The maximum Gasteiger partial charge on any atom is 0.526 e. The van der Waals surface area contributed by atoms with Crippen LogP contribution in [0.5, 0.6) is 5.75 Å². The Morgan fingerprint density at radius 3 is 2.80 bits per heavy atom. The van der Waals surface area contributed by atoms with Gasteiger partial charge in [-0.25, -0.2) is 4.79 Å². The molecule has 1 saturated carbocycles. The highest BCUT2D eigenvalue weighted by atomic mass is 16.5. The zero-order chi connectivity index (χ0) is 21.5. The fourth-order valence-electron chi connectivity index (χ4n) is 4.91. The van der Waals surface area contributed by atoms with Gasteiger partial charge >= 0.3 is 13.1 Å². The Kier molecular flexibility index (Phi) is 8.34. The van der Waals surface area contributed by atoms with Crippen LogP contribution in [0.1, 0.15) is 74.2 Å². The summed E-state index contributed by atoms with van der Waals surface area (Å²) in [4.78, 5) is 24.1. The lowest BCUT2D eigenvalue weighted by Gasteiger charge is -2.30. The van der Waals surface area contributed by atoms with Gasteiger partial charge in [0.05, 0.1) is 5.56 Å². The van der Waals surface area contributed by atoms with Gasteiger partial charge in [0.15, 0.2) is 0 Å². The predicted octanol–water partition coefficient (Wildman–Crippen LogP) is 3.72. The summed E-state index contributed by atoms with van der Waals surface area (Å²) in [6.45, 7) is 4.31. The van der Waals surface area contributed by atoms with Gasteiger partial charge in [-0.15, -0.1) is 0 Å². The minimum absolute atomic E-state index is 0.0529. The van der Waals surface area contributed by atoms with Gasteiger partial charge in [0.1, 0.15) is 11.5 Å². The number of para-hydroxylation sites is 1. The van der Waals surface area contributed by atoms with Crippen molar-refractivity contribution in [3.63, 3.8) is 0 Å². The molecule has 3 rings (SSSR count). The maximum atomic E-state index is 12.7. The number of benzene rings is 1. The first-order valence-corrected chi connectivity index (χ1v) is 11.4. The molecule has 1 aliphatic carbocycles. The van der Waals surface area contributed by atoms with E-state index in [-0.39, 0.29) is 29.3 Å². The molecule has 0 aromatic heterocycles. The Hall–Kier alpha value is -1.86. The average Bonchev–Trinajstić information content (AvgIpc) is 2.71. The van der Waals surface area contributed by atoms with E-state index < -0.39 is 13.1 Å². The molecular weight excluding hydrogens is 381 g/mol. The summed E-state index contributed by atoms with van der Waals surface area (Å²) >= 11 is 0. The number of hydrogen-bond acceptors (Lipinski definition) is 5. The third kappa shape index (κ3) is 6.08. The molecule has 1 aromatic carbocycles. The van der Waals surface area contributed by atoms with E-state index in [1.54, 1.807) is 6.07 Å². The number of carboxylic acid groups (broad SMARTS) is 1. The normalized spacial score (nSPS) is 23.5. The molecule has 0 radical (unpaired) electrons. The third-order valence-corrected chi connectivity index (χ3v) is 6.49. The lowest BCUT2D eigenvalue weighted by Crippen LogP contribution is -2.36. The molecule has 2 aliphatic rings. The lowest BCUT2D eigenvalue weighted by atomic mass is 9.64. The highest BCUT2D eigenvalue weighted by molar-refractivity contribution is 6.47. The quantitative estimate of drug-likeness (QED) is 0.398. The Morgan fingerprint density at radius 2 is 2.03 bits per heavy atom. The monoisotopic (exact) mass is 415 g/mol. The van der Waals surface area contributed by atoms with E-state index in [1.807, 2.05) is 6.07 Å². The SMILES string of the molecule is CCCCNCC1CCCC(CC(=O)C[C@H]2Cc3cccc(C(=O)O)c3OB2O)C1. The van der Waals surface area contributed by atoms with Crippen LogP contribution in [-0.2, 0) is 11.2 Å². The summed E-state index contributed by atoms with van der Waals surface area (Å²) in [6.07, 6.45) is 8.32. The first kappa shape index (κ1) is 22.8. The van der Waals surface area contributed by atoms with Crippen molar-refractivity contribution in [1.82, 2.24) is 5.32 Å². The molecule has 6 nitrogen and oxygen atoms in total. The number of hydrogen-bond donors (Lipinski definition) is 3. The van der Waals surface area contributed by atoms with Crippen molar-refractivity contribution in [1.29, 1.82) is 0 Å². The van der Waals surface area contributed by atoms with Crippen LogP contribution in [0.25, 0.3) is 0 Å². The van der Waals surface area contributed by atoms with Gasteiger partial charge in [-0.05, 0) is 62.2 Å². The molecule has 164 valence electrons. The Balaban J connectivity index is 1.50. The molecule has 1 heterocycles. The smallest absolute Gasteiger partial charge is 0.526 e. The summed E-state index contributed by atoms with van der Waals surface area (Å²) in [5.41, 5.74) is 0.797. The Morgan fingerprint density at radius 1 is 1.23 bits per heavy atom. The van der Waals surface area contributed by atoms with E-state index in [0.717, 1.165) is 31.5 Å². The fraction of sp³-hybridized carbons (Fsp3) is 0.652. The molecular formula is C23H34BNO5. The zero-order valence-electron chi connectivity index (χ0n) is 17.9. The van der Waals surface area contributed by atoms with Crippen molar-refractivity contribution in [2.75, 3.05) is 13.1 Å². The summed E-state index contributed by atoms with van der Waals surface area (Å²) in [6, 6.07) is 4.96. The van der Waals surface area contributed by atoms with Crippen molar-refractivity contribution in [2.45, 2.75) is 70.5 Å². The van der Waals surface area contributed by atoms with E-state index in [4.69, 9.17) is 4.65 Å². The van der Waals surface area contributed by atoms with Gasteiger partial charge in [-0.2, -0.15) is 0 Å². The molecule has 2 unspecified atom stereocenters. The van der Waals surface area contributed by atoms with Gasteiger partial charge in [-0.3, -0.25) is 4.79 Å². The number of carbonyl (C=O) groups is 2. The van der Waals surface area contributed by atoms with Gasteiger partial charge in [0.2, 0.25) is 0 Å².